The number of nitrogens with zero attached hydrogens (tertiary/aromatic N) is 2. The van der Waals surface area contributed by atoms with E-state index in [4.69, 9.17) is 9.47 Å². The fourth-order valence-corrected chi connectivity index (χ4v) is 3.89. The van der Waals surface area contributed by atoms with Crippen LogP contribution in [0, 0.1) is 5.82 Å². The number of hydrogen-bond donors (Lipinski definition) is 2. The maximum Gasteiger partial charge on any atom is 0.191 e. The molecule has 1 saturated heterocycles. The van der Waals surface area contributed by atoms with E-state index in [9.17, 15) is 4.39 Å². The van der Waals surface area contributed by atoms with Gasteiger partial charge in [-0.05, 0) is 37.0 Å². The molecule has 1 heterocycles. The zero-order valence-electron chi connectivity index (χ0n) is 18.0. The van der Waals surface area contributed by atoms with Crippen molar-refractivity contribution in [3.05, 3.63) is 29.6 Å². The molecule has 0 radical (unpaired) electrons. The first kappa shape index (κ1) is 25.1. The number of nitrogens with one attached hydrogen (secondary N) is 2. The Balaban J connectivity index is 0.00000320. The van der Waals surface area contributed by atoms with Crippen molar-refractivity contribution in [2.45, 2.75) is 51.2 Å². The number of rotatable bonds is 8. The number of morpholine rings is 1. The molecule has 30 heavy (non-hydrogen) atoms. The van der Waals surface area contributed by atoms with Crippen molar-refractivity contribution in [2.75, 3.05) is 51.4 Å². The molecule has 0 unspecified atom stereocenters. The summed E-state index contributed by atoms with van der Waals surface area (Å²) in [6, 6.07) is 5.42. The van der Waals surface area contributed by atoms with Crippen molar-refractivity contribution < 1.29 is 13.9 Å². The fourth-order valence-electron chi connectivity index (χ4n) is 3.89. The highest BCUT2D eigenvalue weighted by atomic mass is 127. The minimum atomic E-state index is -0.186. The van der Waals surface area contributed by atoms with Gasteiger partial charge in [-0.3, -0.25) is 4.99 Å². The lowest BCUT2D eigenvalue weighted by Crippen LogP contribution is -2.38. The summed E-state index contributed by atoms with van der Waals surface area (Å²) >= 11 is 0. The van der Waals surface area contributed by atoms with E-state index in [-0.39, 0.29) is 29.8 Å². The largest absolute Gasteiger partial charge is 0.378 e. The Kier molecular flexibility index (Phi) is 11.8. The highest BCUT2D eigenvalue weighted by Crippen LogP contribution is 2.22. The fraction of sp³-hybridized carbons (Fsp3) is 0.682. The van der Waals surface area contributed by atoms with Gasteiger partial charge in [0.1, 0.15) is 5.82 Å². The van der Waals surface area contributed by atoms with Gasteiger partial charge in [-0.2, -0.15) is 0 Å². The molecule has 2 aliphatic rings. The van der Waals surface area contributed by atoms with Gasteiger partial charge >= 0.3 is 0 Å². The molecule has 1 aromatic rings. The number of hydrogen-bond acceptors (Lipinski definition) is 4. The maximum absolute atomic E-state index is 14.5. The first-order valence-corrected chi connectivity index (χ1v) is 10.9. The van der Waals surface area contributed by atoms with Crippen LogP contribution >= 0.6 is 24.0 Å². The van der Waals surface area contributed by atoms with E-state index < -0.39 is 0 Å². The summed E-state index contributed by atoms with van der Waals surface area (Å²) in [5.74, 6) is 0.536. The third kappa shape index (κ3) is 8.19. The molecule has 0 aromatic heterocycles. The third-order valence-corrected chi connectivity index (χ3v) is 5.57. The average Bonchev–Trinajstić information content (AvgIpc) is 2.77. The summed E-state index contributed by atoms with van der Waals surface area (Å²) in [5, 5.41) is 6.55. The van der Waals surface area contributed by atoms with Crippen LogP contribution in [0.15, 0.2) is 23.2 Å². The first-order chi connectivity index (χ1) is 14.3. The van der Waals surface area contributed by atoms with Crippen molar-refractivity contribution in [1.29, 1.82) is 0 Å². The van der Waals surface area contributed by atoms with Crippen molar-refractivity contribution >= 4 is 35.6 Å². The lowest BCUT2D eigenvalue weighted by molar-refractivity contribution is 0.0277. The Morgan fingerprint density at radius 2 is 1.97 bits per heavy atom. The molecule has 6 nitrogen and oxygen atoms in total. The molecular weight excluding hydrogens is 498 g/mol. The van der Waals surface area contributed by atoms with E-state index >= 15 is 0 Å². The second-order valence-electron chi connectivity index (χ2n) is 7.72. The predicted molar refractivity (Wildman–Crippen MR) is 130 cm³/mol. The van der Waals surface area contributed by atoms with Gasteiger partial charge in [-0.15, -0.1) is 24.0 Å². The van der Waals surface area contributed by atoms with Crippen LogP contribution in [0.3, 0.4) is 0 Å². The van der Waals surface area contributed by atoms with Gasteiger partial charge in [0.25, 0.3) is 0 Å². The molecule has 0 atom stereocenters. The molecule has 1 aliphatic heterocycles. The summed E-state index contributed by atoms with van der Waals surface area (Å²) < 4.78 is 25.8. The summed E-state index contributed by atoms with van der Waals surface area (Å²) in [6.07, 6.45) is 7.76. The van der Waals surface area contributed by atoms with Gasteiger partial charge in [0.15, 0.2) is 5.96 Å². The molecule has 2 N–H and O–H groups in total. The van der Waals surface area contributed by atoms with Crippen LogP contribution in [0.2, 0.25) is 0 Å². The third-order valence-electron chi connectivity index (χ3n) is 5.57. The second-order valence-corrected chi connectivity index (χ2v) is 7.72. The zero-order chi connectivity index (χ0) is 20.3. The van der Waals surface area contributed by atoms with Gasteiger partial charge in [-0.1, -0.05) is 25.3 Å². The van der Waals surface area contributed by atoms with Crippen LogP contribution in [0.5, 0.6) is 0 Å². The Labute approximate surface area is 197 Å². The second kappa shape index (κ2) is 14.0. The van der Waals surface area contributed by atoms with Crippen LogP contribution < -0.4 is 15.5 Å². The van der Waals surface area contributed by atoms with E-state index in [0.717, 1.165) is 44.2 Å². The Morgan fingerprint density at radius 1 is 1.20 bits per heavy atom. The van der Waals surface area contributed by atoms with E-state index in [2.05, 4.69) is 15.6 Å². The quantitative estimate of drug-likeness (QED) is 0.231. The smallest absolute Gasteiger partial charge is 0.191 e. The SMILES string of the molecule is CN=C(NCCCOC1CCCCC1)NCc1ccc(N2CCOCC2)c(F)c1.I. The van der Waals surface area contributed by atoms with Crippen molar-refractivity contribution in [3.8, 4) is 0 Å². The lowest BCUT2D eigenvalue weighted by atomic mass is 9.98. The van der Waals surface area contributed by atoms with Crippen LogP contribution in [0.4, 0.5) is 10.1 Å². The minimum absolute atomic E-state index is 0. The minimum Gasteiger partial charge on any atom is -0.378 e. The topological polar surface area (TPSA) is 58.1 Å². The summed E-state index contributed by atoms with van der Waals surface area (Å²) in [4.78, 5) is 6.28. The number of anilines is 1. The molecule has 1 saturated carbocycles. The number of benzene rings is 1. The number of aliphatic imine (C=N–C) groups is 1. The summed E-state index contributed by atoms with van der Waals surface area (Å²) in [7, 11) is 1.75. The molecule has 0 bridgehead atoms. The molecule has 0 spiro atoms. The van der Waals surface area contributed by atoms with Crippen LogP contribution in [-0.4, -0.2) is 58.6 Å². The highest BCUT2D eigenvalue weighted by molar-refractivity contribution is 14.0. The zero-order valence-corrected chi connectivity index (χ0v) is 20.3. The first-order valence-electron chi connectivity index (χ1n) is 10.9. The van der Waals surface area contributed by atoms with Crippen LogP contribution in [0.25, 0.3) is 0 Å². The van der Waals surface area contributed by atoms with E-state index in [0.29, 0.717) is 31.5 Å². The number of guanidine groups is 1. The average molecular weight is 534 g/mol. The van der Waals surface area contributed by atoms with Crippen LogP contribution in [0.1, 0.15) is 44.1 Å². The molecule has 1 aromatic carbocycles. The van der Waals surface area contributed by atoms with Crippen molar-refractivity contribution in [2.24, 2.45) is 4.99 Å². The van der Waals surface area contributed by atoms with E-state index in [1.165, 1.54) is 32.1 Å². The maximum atomic E-state index is 14.5. The van der Waals surface area contributed by atoms with E-state index in [1.807, 2.05) is 17.0 Å². The lowest BCUT2D eigenvalue weighted by Gasteiger charge is -2.29. The molecular formula is C22H36FIN4O2. The Bertz CT molecular complexity index is 650. The molecule has 2 fully saturated rings. The standard InChI is InChI=1S/C22H35FN4O2.HI/c1-24-22(25-10-5-13-29-19-6-3-2-4-7-19)26-17-18-8-9-21(20(23)16-18)27-11-14-28-15-12-27;/h8-9,16,19H,2-7,10-15,17H2,1H3,(H2,24,25,26);1H. The molecule has 170 valence electrons. The Morgan fingerprint density at radius 3 is 2.67 bits per heavy atom. The molecule has 1 aliphatic carbocycles. The highest BCUT2D eigenvalue weighted by Gasteiger charge is 2.15. The normalized spacial score (nSPS) is 18.1. The summed E-state index contributed by atoms with van der Waals surface area (Å²) in [6.45, 7) is 4.87. The van der Waals surface area contributed by atoms with Gasteiger partial charge in [0, 0.05) is 39.8 Å². The van der Waals surface area contributed by atoms with E-state index in [1.54, 1.807) is 13.1 Å². The van der Waals surface area contributed by atoms with Gasteiger partial charge in [0.2, 0.25) is 0 Å². The van der Waals surface area contributed by atoms with Crippen molar-refractivity contribution in [3.63, 3.8) is 0 Å². The summed E-state index contributed by atoms with van der Waals surface area (Å²) in [5.41, 5.74) is 1.54. The van der Waals surface area contributed by atoms with Crippen LogP contribution in [-0.2, 0) is 16.0 Å². The molecule has 8 heteroatoms. The molecule has 0 amide bonds. The number of halogens is 2. The van der Waals surface area contributed by atoms with Gasteiger partial charge in [0.05, 0.1) is 25.0 Å². The predicted octanol–water partition coefficient (Wildman–Crippen LogP) is 3.68. The van der Waals surface area contributed by atoms with Gasteiger partial charge in [-0.25, -0.2) is 4.39 Å². The monoisotopic (exact) mass is 534 g/mol. The molecule has 3 rings (SSSR count). The van der Waals surface area contributed by atoms with Gasteiger partial charge < -0.3 is 25.0 Å². The Hall–Kier alpha value is -1.13. The number of ether oxygens (including phenoxy) is 2. The van der Waals surface area contributed by atoms with Crippen molar-refractivity contribution in [1.82, 2.24) is 10.6 Å².